The highest BCUT2D eigenvalue weighted by Gasteiger charge is 2.46. The number of nitrogens with zero attached hydrogens (tertiary/aromatic N) is 3. The zero-order chi connectivity index (χ0) is 46.5. The molecule has 0 N–H and O–H groups in total. The Morgan fingerprint density at radius 2 is 0.806 bits per heavy atom. The Labute approximate surface area is 395 Å². The molecule has 0 aliphatic carbocycles. The van der Waals surface area contributed by atoms with Gasteiger partial charge in [-0.1, -0.05) is 188 Å². The summed E-state index contributed by atoms with van der Waals surface area (Å²) in [4.78, 5) is 2.21. The van der Waals surface area contributed by atoms with Crippen LogP contribution in [0.1, 0.15) is 36.1 Å². The number of rotatable bonds is 6. The fraction of sp³-hybridized carbons (Fsp3) is 0.0938. The molecule has 10 aromatic rings. The Morgan fingerprint density at radius 1 is 0.418 bits per heavy atom. The quantitative estimate of drug-likeness (QED) is 0.162. The molecule has 0 radical (unpaired) electrons. The molecule has 8 aromatic carbocycles. The van der Waals surface area contributed by atoms with E-state index in [4.69, 9.17) is 0 Å². The SMILES string of the molecule is C=CC1=C(C=C)C(c2ccccc2)(c2ccccc2)C(=C/C)/C(=C\C)N1C.Cc1ccc2c(c1)c1ccccc1n2-c1ccccc1.Cc1ccc2c(c1)c1ccccc1n2-c1ccccc1. The summed E-state index contributed by atoms with van der Waals surface area (Å²) in [6.45, 7) is 16.8. The summed E-state index contributed by atoms with van der Waals surface area (Å²) in [6, 6.07) is 73.1. The van der Waals surface area contributed by atoms with Crippen LogP contribution in [0.3, 0.4) is 0 Å². The first-order chi connectivity index (χ1) is 32.8. The van der Waals surface area contributed by atoms with Crippen molar-refractivity contribution in [1.29, 1.82) is 0 Å². The van der Waals surface area contributed by atoms with Gasteiger partial charge in [-0.15, -0.1) is 0 Å². The topological polar surface area (TPSA) is 13.1 Å². The van der Waals surface area contributed by atoms with Gasteiger partial charge in [-0.05, 0) is 117 Å². The second kappa shape index (κ2) is 19.1. The molecule has 0 bridgehead atoms. The molecule has 328 valence electrons. The van der Waals surface area contributed by atoms with Gasteiger partial charge in [0.1, 0.15) is 0 Å². The first-order valence-electron chi connectivity index (χ1n) is 23.1. The first kappa shape index (κ1) is 44.1. The lowest BCUT2D eigenvalue weighted by Crippen LogP contribution is -2.42. The van der Waals surface area contributed by atoms with Gasteiger partial charge in [-0.2, -0.15) is 0 Å². The Morgan fingerprint density at radius 3 is 1.19 bits per heavy atom. The lowest BCUT2D eigenvalue weighted by atomic mass is 9.61. The van der Waals surface area contributed by atoms with Gasteiger partial charge in [-0.3, -0.25) is 0 Å². The number of hydrogen-bond acceptors (Lipinski definition) is 1. The minimum Gasteiger partial charge on any atom is -0.344 e. The second-order valence-electron chi connectivity index (χ2n) is 17.0. The van der Waals surface area contributed by atoms with Crippen LogP contribution in [-0.2, 0) is 5.41 Å². The summed E-state index contributed by atoms with van der Waals surface area (Å²) in [6.07, 6.45) is 8.34. The molecule has 11 rings (SSSR count). The standard InChI is InChI=1S/C26H27N.2C19H15N/c1-6-22-24(8-3)27(5)25(9-4)23(7-2)26(22,20-16-12-10-13-17-20)21-18-14-11-15-19-21;2*1-14-11-12-19-17(13-14)16-9-5-6-10-18(16)20(19)15-7-3-2-4-8-15/h6-19H,1,3H2,2,4-5H3;2*2-13H,1H3/b23-7+,25-9+;;. The highest BCUT2D eigenvalue weighted by molar-refractivity contribution is 6.10. The average Bonchev–Trinajstić information content (AvgIpc) is 3.89. The number of aromatic nitrogens is 2. The smallest absolute Gasteiger partial charge is 0.0738 e. The zero-order valence-corrected chi connectivity index (χ0v) is 39.2. The van der Waals surface area contributed by atoms with E-state index in [0.29, 0.717) is 0 Å². The van der Waals surface area contributed by atoms with E-state index in [1.807, 2.05) is 12.2 Å². The lowest BCUT2D eigenvalue weighted by Gasteiger charge is -2.47. The number of likely N-dealkylation sites (N-methyl/N-ethyl adjacent to an activating group) is 1. The summed E-state index contributed by atoms with van der Waals surface area (Å²) in [5.41, 5.74) is 16.8. The summed E-state index contributed by atoms with van der Waals surface area (Å²) < 4.78 is 4.67. The summed E-state index contributed by atoms with van der Waals surface area (Å²) in [7, 11) is 2.10. The molecule has 1 aliphatic heterocycles. The van der Waals surface area contributed by atoms with Crippen molar-refractivity contribution in [1.82, 2.24) is 14.0 Å². The van der Waals surface area contributed by atoms with Crippen molar-refractivity contribution >= 4 is 43.6 Å². The van der Waals surface area contributed by atoms with E-state index < -0.39 is 5.41 Å². The molecule has 3 heterocycles. The van der Waals surface area contributed by atoms with Crippen LogP contribution in [0.2, 0.25) is 0 Å². The van der Waals surface area contributed by atoms with Crippen LogP contribution in [0, 0.1) is 13.8 Å². The van der Waals surface area contributed by atoms with E-state index in [1.165, 1.54) is 88.5 Å². The van der Waals surface area contributed by atoms with Gasteiger partial charge in [0.05, 0.1) is 27.5 Å². The normalized spacial score (nSPS) is 14.6. The van der Waals surface area contributed by atoms with Crippen LogP contribution in [0.5, 0.6) is 0 Å². The van der Waals surface area contributed by atoms with Crippen molar-refractivity contribution in [2.75, 3.05) is 7.05 Å². The number of para-hydroxylation sites is 4. The van der Waals surface area contributed by atoms with Gasteiger partial charge in [0.2, 0.25) is 0 Å². The summed E-state index contributed by atoms with van der Waals surface area (Å²) in [5.74, 6) is 0. The predicted octanol–water partition coefficient (Wildman–Crippen LogP) is 16.6. The van der Waals surface area contributed by atoms with Crippen molar-refractivity contribution in [2.45, 2.75) is 33.1 Å². The predicted molar refractivity (Wildman–Crippen MR) is 287 cm³/mol. The van der Waals surface area contributed by atoms with Gasteiger partial charge in [0.25, 0.3) is 0 Å². The van der Waals surface area contributed by atoms with E-state index in [-0.39, 0.29) is 0 Å². The van der Waals surface area contributed by atoms with Crippen molar-refractivity contribution in [3.05, 3.63) is 289 Å². The third kappa shape index (κ3) is 7.83. The van der Waals surface area contributed by atoms with Gasteiger partial charge in [0.15, 0.2) is 0 Å². The van der Waals surface area contributed by atoms with Gasteiger partial charge < -0.3 is 14.0 Å². The highest BCUT2D eigenvalue weighted by Crippen LogP contribution is 2.53. The van der Waals surface area contributed by atoms with Crippen LogP contribution in [0.4, 0.5) is 0 Å². The Kier molecular flexibility index (Phi) is 12.6. The number of benzene rings is 8. The van der Waals surface area contributed by atoms with E-state index in [1.54, 1.807) is 0 Å². The van der Waals surface area contributed by atoms with Crippen LogP contribution in [0.25, 0.3) is 55.0 Å². The Balaban J connectivity index is 0.000000128. The Hall–Kier alpha value is -8.14. The fourth-order valence-corrected chi connectivity index (χ4v) is 10.3. The molecule has 2 aromatic heterocycles. The molecule has 0 amide bonds. The van der Waals surface area contributed by atoms with Crippen molar-refractivity contribution in [3.63, 3.8) is 0 Å². The van der Waals surface area contributed by atoms with Gasteiger partial charge >= 0.3 is 0 Å². The maximum atomic E-state index is 4.20. The second-order valence-corrected chi connectivity index (χ2v) is 17.0. The van der Waals surface area contributed by atoms with Crippen molar-refractivity contribution < 1.29 is 0 Å². The number of aryl methyl sites for hydroxylation is 2. The summed E-state index contributed by atoms with van der Waals surface area (Å²) >= 11 is 0. The molecule has 0 spiro atoms. The zero-order valence-electron chi connectivity index (χ0n) is 39.2. The van der Waals surface area contributed by atoms with Crippen LogP contribution in [0.15, 0.2) is 266 Å². The lowest BCUT2D eigenvalue weighted by molar-refractivity contribution is 0.478. The van der Waals surface area contributed by atoms with Gasteiger partial charge in [0, 0.05) is 51.4 Å². The molecule has 1 aliphatic rings. The minimum atomic E-state index is -0.434. The fourth-order valence-electron chi connectivity index (χ4n) is 10.3. The van der Waals surface area contributed by atoms with Crippen LogP contribution in [-0.4, -0.2) is 21.1 Å². The molecular formula is C64H57N3. The molecule has 0 unspecified atom stereocenters. The minimum absolute atomic E-state index is 0.434. The molecular weight excluding hydrogens is 811 g/mol. The van der Waals surface area contributed by atoms with Crippen molar-refractivity contribution in [2.24, 2.45) is 0 Å². The maximum Gasteiger partial charge on any atom is 0.0738 e. The largest absolute Gasteiger partial charge is 0.344 e. The average molecular weight is 868 g/mol. The third-order valence-corrected chi connectivity index (χ3v) is 13.1. The van der Waals surface area contributed by atoms with E-state index >= 15 is 0 Å². The van der Waals surface area contributed by atoms with Crippen LogP contribution >= 0.6 is 0 Å². The van der Waals surface area contributed by atoms with Crippen molar-refractivity contribution in [3.8, 4) is 11.4 Å². The van der Waals surface area contributed by atoms with E-state index in [0.717, 1.165) is 11.3 Å². The molecule has 3 heteroatoms. The molecule has 0 atom stereocenters. The van der Waals surface area contributed by atoms with Crippen LogP contribution < -0.4 is 0 Å². The number of allylic oxidation sites excluding steroid dienone is 6. The molecule has 0 fully saturated rings. The van der Waals surface area contributed by atoms with E-state index in [2.05, 4.69) is 280 Å². The third-order valence-electron chi connectivity index (χ3n) is 13.1. The first-order valence-corrected chi connectivity index (χ1v) is 23.1. The maximum absolute atomic E-state index is 4.20. The molecule has 67 heavy (non-hydrogen) atoms. The highest BCUT2D eigenvalue weighted by atomic mass is 15.1. The van der Waals surface area contributed by atoms with E-state index in [9.17, 15) is 0 Å². The Bertz CT molecular complexity index is 3280. The molecule has 0 saturated carbocycles. The monoisotopic (exact) mass is 867 g/mol. The number of hydrogen-bond donors (Lipinski definition) is 0. The number of fused-ring (bicyclic) bond motifs is 6. The van der Waals surface area contributed by atoms with Gasteiger partial charge in [-0.25, -0.2) is 0 Å². The molecule has 0 saturated heterocycles. The summed E-state index contributed by atoms with van der Waals surface area (Å²) in [5, 5.41) is 5.28. The molecule has 3 nitrogen and oxygen atoms in total.